The molecule has 0 saturated carbocycles. The van der Waals surface area contributed by atoms with Crippen LogP contribution < -0.4 is 0 Å². The first-order chi connectivity index (χ1) is 8.06. The first kappa shape index (κ1) is 11.8. The molecule has 1 aliphatic carbocycles. The van der Waals surface area contributed by atoms with Crippen LogP contribution in [0.4, 0.5) is 4.79 Å². The van der Waals surface area contributed by atoms with Crippen LogP contribution in [0.25, 0.3) is 0 Å². The van der Waals surface area contributed by atoms with Gasteiger partial charge >= 0.3 is 6.09 Å². The number of allylic oxidation sites excluding steroid dienone is 2. The normalized spacial score (nSPS) is 27.9. The summed E-state index contributed by atoms with van der Waals surface area (Å²) in [6, 6.07) is 0. The fraction of sp³-hybridized carbons (Fsp3) is 0.583. The van der Waals surface area contributed by atoms with Gasteiger partial charge in [-0.2, -0.15) is 4.90 Å². The lowest BCUT2D eigenvalue weighted by molar-refractivity contribution is -0.137. The molecule has 0 N–H and O–H groups in total. The van der Waals surface area contributed by atoms with E-state index in [2.05, 4.69) is 0 Å². The average molecular weight is 237 g/mol. The summed E-state index contributed by atoms with van der Waals surface area (Å²) in [6.45, 7) is 3.73. The van der Waals surface area contributed by atoms with E-state index in [0.717, 1.165) is 5.57 Å². The number of likely N-dealkylation sites (tertiary alicyclic amines) is 1. The minimum Gasteiger partial charge on any atom is -0.449 e. The summed E-state index contributed by atoms with van der Waals surface area (Å²) in [4.78, 5) is 36.1. The van der Waals surface area contributed by atoms with Crippen molar-refractivity contribution in [2.75, 3.05) is 6.61 Å². The number of rotatable bonds is 1. The van der Waals surface area contributed by atoms with Crippen molar-refractivity contribution in [3.63, 3.8) is 0 Å². The molecule has 1 aliphatic heterocycles. The van der Waals surface area contributed by atoms with E-state index in [1.807, 2.05) is 13.0 Å². The second kappa shape index (κ2) is 4.31. The van der Waals surface area contributed by atoms with Crippen molar-refractivity contribution in [2.24, 2.45) is 11.8 Å². The molecule has 2 unspecified atom stereocenters. The van der Waals surface area contributed by atoms with Crippen molar-refractivity contribution in [1.82, 2.24) is 4.90 Å². The van der Waals surface area contributed by atoms with Crippen LogP contribution in [0.1, 0.15) is 26.7 Å². The van der Waals surface area contributed by atoms with Gasteiger partial charge in [-0.1, -0.05) is 11.6 Å². The van der Waals surface area contributed by atoms with Crippen LogP contribution in [0.2, 0.25) is 0 Å². The maximum absolute atomic E-state index is 12.0. The monoisotopic (exact) mass is 237 g/mol. The Balaban J connectivity index is 2.22. The number of nitrogens with zero attached hydrogens (tertiary/aromatic N) is 1. The lowest BCUT2D eigenvalue weighted by Gasteiger charge is -2.18. The van der Waals surface area contributed by atoms with E-state index in [0.29, 0.717) is 17.7 Å². The fourth-order valence-corrected chi connectivity index (χ4v) is 2.41. The zero-order valence-corrected chi connectivity index (χ0v) is 9.93. The lowest BCUT2D eigenvalue weighted by atomic mass is 9.82. The standard InChI is InChI=1S/C12H15NO4/c1-3-17-12(16)13-10(14)8-5-4-7(2)6-9(8)11(13)15/h4,8-9H,3,5-6H2,1-2H3. The highest BCUT2D eigenvalue weighted by atomic mass is 16.6. The van der Waals surface area contributed by atoms with Gasteiger partial charge in [-0.05, 0) is 26.7 Å². The third-order valence-corrected chi connectivity index (χ3v) is 3.27. The summed E-state index contributed by atoms with van der Waals surface area (Å²) in [5.74, 6) is -1.58. The van der Waals surface area contributed by atoms with Gasteiger partial charge in [-0.25, -0.2) is 4.79 Å². The molecule has 2 rings (SSSR count). The van der Waals surface area contributed by atoms with Gasteiger partial charge in [0.15, 0.2) is 0 Å². The van der Waals surface area contributed by atoms with Gasteiger partial charge in [0.1, 0.15) is 0 Å². The molecular weight excluding hydrogens is 222 g/mol. The van der Waals surface area contributed by atoms with E-state index >= 15 is 0 Å². The molecule has 1 heterocycles. The van der Waals surface area contributed by atoms with Crippen LogP contribution in [-0.2, 0) is 14.3 Å². The molecule has 1 fully saturated rings. The smallest absolute Gasteiger partial charge is 0.423 e. The number of carbonyl (C=O) groups excluding carboxylic acids is 3. The van der Waals surface area contributed by atoms with Gasteiger partial charge in [0.2, 0.25) is 11.8 Å². The van der Waals surface area contributed by atoms with E-state index in [9.17, 15) is 14.4 Å². The van der Waals surface area contributed by atoms with Crippen molar-refractivity contribution >= 4 is 17.9 Å². The van der Waals surface area contributed by atoms with Crippen molar-refractivity contribution in [3.05, 3.63) is 11.6 Å². The van der Waals surface area contributed by atoms with E-state index in [-0.39, 0.29) is 18.4 Å². The molecular formula is C12H15NO4. The molecule has 1 saturated heterocycles. The van der Waals surface area contributed by atoms with Crippen LogP contribution in [0, 0.1) is 11.8 Å². The first-order valence-electron chi connectivity index (χ1n) is 5.76. The summed E-state index contributed by atoms with van der Waals surface area (Å²) in [6.07, 6.45) is 2.22. The highest BCUT2D eigenvalue weighted by molar-refractivity contribution is 6.15. The summed E-state index contributed by atoms with van der Waals surface area (Å²) in [5, 5.41) is 0. The van der Waals surface area contributed by atoms with E-state index in [1.54, 1.807) is 6.92 Å². The second-order valence-electron chi connectivity index (χ2n) is 4.41. The Hall–Kier alpha value is -1.65. The Bertz CT molecular complexity index is 413. The highest BCUT2D eigenvalue weighted by Crippen LogP contribution is 2.37. The van der Waals surface area contributed by atoms with Gasteiger partial charge in [0, 0.05) is 0 Å². The Morgan fingerprint density at radius 1 is 1.41 bits per heavy atom. The molecule has 0 spiro atoms. The molecule has 5 nitrogen and oxygen atoms in total. The van der Waals surface area contributed by atoms with E-state index in [1.165, 1.54) is 0 Å². The zero-order valence-electron chi connectivity index (χ0n) is 9.93. The second-order valence-corrected chi connectivity index (χ2v) is 4.41. The molecule has 92 valence electrons. The molecule has 0 aromatic rings. The third kappa shape index (κ3) is 1.85. The zero-order chi connectivity index (χ0) is 12.6. The Morgan fingerprint density at radius 2 is 2.06 bits per heavy atom. The average Bonchev–Trinajstić information content (AvgIpc) is 2.52. The summed E-state index contributed by atoms with van der Waals surface area (Å²) in [5.41, 5.74) is 1.10. The van der Waals surface area contributed by atoms with Crippen molar-refractivity contribution < 1.29 is 19.1 Å². The topological polar surface area (TPSA) is 63.7 Å². The number of fused-ring (bicyclic) bond motifs is 1. The molecule has 2 atom stereocenters. The summed E-state index contributed by atoms with van der Waals surface area (Å²) in [7, 11) is 0. The maximum atomic E-state index is 12.0. The molecule has 0 radical (unpaired) electrons. The minimum absolute atomic E-state index is 0.155. The molecule has 0 bridgehead atoms. The summed E-state index contributed by atoms with van der Waals surface area (Å²) < 4.78 is 4.73. The van der Waals surface area contributed by atoms with Crippen molar-refractivity contribution in [1.29, 1.82) is 0 Å². The number of imide groups is 3. The first-order valence-corrected chi connectivity index (χ1v) is 5.76. The van der Waals surface area contributed by atoms with Gasteiger partial charge in [-0.3, -0.25) is 9.59 Å². The number of amides is 3. The van der Waals surface area contributed by atoms with Crippen molar-refractivity contribution in [2.45, 2.75) is 26.7 Å². The van der Waals surface area contributed by atoms with Crippen LogP contribution in [-0.4, -0.2) is 29.4 Å². The minimum atomic E-state index is -0.838. The van der Waals surface area contributed by atoms with E-state index < -0.39 is 17.9 Å². The number of hydrogen-bond donors (Lipinski definition) is 0. The molecule has 17 heavy (non-hydrogen) atoms. The van der Waals surface area contributed by atoms with Crippen molar-refractivity contribution in [3.8, 4) is 0 Å². The Labute approximate surface area is 99.4 Å². The highest BCUT2D eigenvalue weighted by Gasteiger charge is 2.51. The summed E-state index contributed by atoms with van der Waals surface area (Å²) >= 11 is 0. The quantitative estimate of drug-likeness (QED) is 0.512. The predicted octanol–water partition coefficient (Wildman–Crippen LogP) is 1.48. The van der Waals surface area contributed by atoms with Gasteiger partial charge in [0.05, 0.1) is 18.4 Å². The van der Waals surface area contributed by atoms with Crippen LogP contribution in [0.5, 0.6) is 0 Å². The molecule has 0 aromatic carbocycles. The fourth-order valence-electron chi connectivity index (χ4n) is 2.41. The number of hydrogen-bond acceptors (Lipinski definition) is 4. The van der Waals surface area contributed by atoms with E-state index in [4.69, 9.17) is 4.74 Å². The molecule has 0 aromatic heterocycles. The predicted molar refractivity (Wildman–Crippen MR) is 58.8 cm³/mol. The number of carbonyl (C=O) groups is 3. The molecule has 5 heteroatoms. The Morgan fingerprint density at radius 3 is 2.71 bits per heavy atom. The molecule has 3 amide bonds. The SMILES string of the molecule is CCOC(=O)N1C(=O)C2CC=C(C)CC2C1=O. The van der Waals surface area contributed by atoms with Crippen LogP contribution in [0.15, 0.2) is 11.6 Å². The number of ether oxygens (including phenoxy) is 1. The van der Waals surface area contributed by atoms with Gasteiger partial charge in [0.25, 0.3) is 0 Å². The largest absolute Gasteiger partial charge is 0.449 e. The third-order valence-electron chi connectivity index (χ3n) is 3.27. The van der Waals surface area contributed by atoms with Gasteiger partial charge < -0.3 is 4.74 Å². The lowest BCUT2D eigenvalue weighted by Crippen LogP contribution is -2.37. The molecule has 2 aliphatic rings. The van der Waals surface area contributed by atoms with Crippen LogP contribution >= 0.6 is 0 Å². The Kier molecular flexibility index (Phi) is 3.00. The van der Waals surface area contributed by atoms with Crippen LogP contribution in [0.3, 0.4) is 0 Å². The van der Waals surface area contributed by atoms with Gasteiger partial charge in [-0.15, -0.1) is 0 Å². The maximum Gasteiger partial charge on any atom is 0.423 e.